The molecule has 0 radical (unpaired) electrons. The number of nitrogens with one attached hydrogen (secondary N) is 1. The molecule has 3 aromatic rings. The Morgan fingerprint density at radius 3 is 2.40 bits per heavy atom. The largest absolute Gasteiger partial charge is 0.497 e. The van der Waals surface area contributed by atoms with Crippen molar-refractivity contribution in [3.63, 3.8) is 0 Å². The number of methoxy groups -OCH3 is 2. The van der Waals surface area contributed by atoms with Gasteiger partial charge in [0, 0.05) is 39.1 Å². The second-order valence-corrected chi connectivity index (χ2v) is 7.23. The zero-order valence-corrected chi connectivity index (χ0v) is 17.4. The summed E-state index contributed by atoms with van der Waals surface area (Å²) in [7, 11) is 3.33. The van der Waals surface area contributed by atoms with Gasteiger partial charge in [-0.2, -0.15) is 5.10 Å². The van der Waals surface area contributed by atoms with Gasteiger partial charge >= 0.3 is 5.69 Å². The lowest BCUT2D eigenvalue weighted by Crippen LogP contribution is -2.47. The molecule has 0 aliphatic carbocycles. The summed E-state index contributed by atoms with van der Waals surface area (Å²) >= 11 is 0. The van der Waals surface area contributed by atoms with E-state index in [2.05, 4.69) is 26.1 Å². The Hall–Kier alpha value is -3.26. The van der Waals surface area contributed by atoms with E-state index < -0.39 is 0 Å². The zero-order chi connectivity index (χ0) is 20.9. The van der Waals surface area contributed by atoms with Gasteiger partial charge in [-0.3, -0.25) is 4.90 Å². The van der Waals surface area contributed by atoms with Crippen molar-refractivity contribution in [2.24, 2.45) is 0 Å². The number of ether oxygens (including phenoxy) is 2. The van der Waals surface area contributed by atoms with E-state index in [-0.39, 0.29) is 5.69 Å². The van der Waals surface area contributed by atoms with Crippen molar-refractivity contribution in [2.75, 3.05) is 51.8 Å². The summed E-state index contributed by atoms with van der Waals surface area (Å²) in [5, 5.41) is 6.82. The average molecular weight is 409 g/mol. The number of hydrogen-bond acceptors (Lipinski definition) is 6. The standard InChI is InChI=1S/C22H27N5O3/c1-29-18-9-7-17(8-10-18)27-21(23-24-22(27)28)11-12-25-13-15-26(16-14-25)19-5-3-4-6-20(19)30-2/h3-10H,11-16H2,1-2H3,(H,24,28). The highest BCUT2D eigenvalue weighted by Gasteiger charge is 2.20. The molecule has 2 aromatic carbocycles. The smallest absolute Gasteiger partial charge is 0.347 e. The molecule has 8 nitrogen and oxygen atoms in total. The third-order valence-electron chi connectivity index (χ3n) is 5.52. The van der Waals surface area contributed by atoms with E-state index in [4.69, 9.17) is 9.47 Å². The van der Waals surface area contributed by atoms with E-state index in [1.165, 1.54) is 0 Å². The molecule has 30 heavy (non-hydrogen) atoms. The predicted molar refractivity (Wildman–Crippen MR) is 116 cm³/mol. The summed E-state index contributed by atoms with van der Waals surface area (Å²) in [6.45, 7) is 4.63. The molecule has 4 rings (SSSR count). The number of H-pyrrole nitrogens is 1. The summed E-state index contributed by atoms with van der Waals surface area (Å²) in [6, 6.07) is 15.6. The van der Waals surface area contributed by atoms with Crippen LogP contribution in [0.25, 0.3) is 5.69 Å². The van der Waals surface area contributed by atoms with Gasteiger partial charge in [0.25, 0.3) is 0 Å². The molecule has 0 bridgehead atoms. The number of hydrogen-bond donors (Lipinski definition) is 1. The maximum atomic E-state index is 12.3. The third-order valence-corrected chi connectivity index (χ3v) is 5.52. The van der Waals surface area contributed by atoms with Crippen molar-refractivity contribution in [1.82, 2.24) is 19.7 Å². The lowest BCUT2D eigenvalue weighted by Gasteiger charge is -2.36. The van der Waals surface area contributed by atoms with Crippen molar-refractivity contribution in [3.8, 4) is 17.2 Å². The summed E-state index contributed by atoms with van der Waals surface area (Å²) in [4.78, 5) is 17.1. The number of nitrogens with zero attached hydrogens (tertiary/aromatic N) is 4. The lowest BCUT2D eigenvalue weighted by atomic mass is 10.2. The van der Waals surface area contributed by atoms with Crippen LogP contribution in [0.4, 0.5) is 5.69 Å². The van der Waals surface area contributed by atoms with E-state index in [9.17, 15) is 4.79 Å². The summed E-state index contributed by atoms with van der Waals surface area (Å²) in [5.41, 5.74) is 1.70. The van der Waals surface area contributed by atoms with Gasteiger partial charge < -0.3 is 14.4 Å². The highest BCUT2D eigenvalue weighted by atomic mass is 16.5. The van der Waals surface area contributed by atoms with Crippen molar-refractivity contribution < 1.29 is 9.47 Å². The molecule has 1 aromatic heterocycles. The van der Waals surface area contributed by atoms with E-state index in [0.717, 1.165) is 61.4 Å². The van der Waals surface area contributed by atoms with Crippen LogP contribution in [0.5, 0.6) is 11.5 Å². The lowest BCUT2D eigenvalue weighted by molar-refractivity contribution is 0.258. The van der Waals surface area contributed by atoms with E-state index in [0.29, 0.717) is 6.42 Å². The number of anilines is 1. The molecule has 8 heteroatoms. The molecule has 158 valence electrons. The van der Waals surface area contributed by atoms with Crippen LogP contribution in [-0.4, -0.2) is 66.6 Å². The van der Waals surface area contributed by atoms with Crippen LogP contribution in [-0.2, 0) is 6.42 Å². The Labute approximate surface area is 175 Å². The van der Waals surface area contributed by atoms with Crippen LogP contribution >= 0.6 is 0 Å². The average Bonchev–Trinajstić information content (AvgIpc) is 3.18. The Morgan fingerprint density at radius 2 is 1.70 bits per heavy atom. The van der Waals surface area contributed by atoms with E-state index in [1.54, 1.807) is 18.8 Å². The highest BCUT2D eigenvalue weighted by molar-refractivity contribution is 5.58. The number of aromatic nitrogens is 3. The van der Waals surface area contributed by atoms with Crippen molar-refractivity contribution >= 4 is 5.69 Å². The Morgan fingerprint density at radius 1 is 0.967 bits per heavy atom. The van der Waals surface area contributed by atoms with Gasteiger partial charge in [-0.1, -0.05) is 12.1 Å². The van der Waals surface area contributed by atoms with Gasteiger partial charge in [0.05, 0.1) is 25.6 Å². The topological polar surface area (TPSA) is 75.6 Å². The summed E-state index contributed by atoms with van der Waals surface area (Å²) < 4.78 is 12.3. The van der Waals surface area contributed by atoms with Crippen LogP contribution in [0, 0.1) is 0 Å². The van der Waals surface area contributed by atoms with Crippen LogP contribution in [0.1, 0.15) is 5.82 Å². The van der Waals surface area contributed by atoms with Crippen molar-refractivity contribution in [1.29, 1.82) is 0 Å². The molecule has 1 fully saturated rings. The summed E-state index contributed by atoms with van der Waals surface area (Å²) in [5.74, 6) is 2.40. The van der Waals surface area contributed by atoms with Gasteiger partial charge in [0.15, 0.2) is 0 Å². The fraction of sp³-hybridized carbons (Fsp3) is 0.364. The maximum absolute atomic E-state index is 12.3. The molecule has 1 aliphatic rings. The molecular weight excluding hydrogens is 382 g/mol. The Bertz CT molecular complexity index is 1020. The third kappa shape index (κ3) is 4.18. The SMILES string of the molecule is COc1ccc(-n2c(CCN3CCN(c4ccccc4OC)CC3)n[nH]c2=O)cc1. The number of benzene rings is 2. The number of para-hydroxylation sites is 2. The number of rotatable bonds is 7. The van der Waals surface area contributed by atoms with Crippen LogP contribution < -0.4 is 20.1 Å². The van der Waals surface area contributed by atoms with Crippen LogP contribution in [0.2, 0.25) is 0 Å². The van der Waals surface area contributed by atoms with Gasteiger partial charge in [-0.05, 0) is 36.4 Å². The second-order valence-electron chi connectivity index (χ2n) is 7.23. The molecule has 1 N–H and O–H groups in total. The molecule has 0 atom stereocenters. The monoisotopic (exact) mass is 409 g/mol. The first-order chi connectivity index (χ1) is 14.7. The molecule has 2 heterocycles. The molecule has 0 amide bonds. The normalized spacial score (nSPS) is 14.7. The van der Waals surface area contributed by atoms with E-state index >= 15 is 0 Å². The van der Waals surface area contributed by atoms with Gasteiger partial charge in [-0.15, -0.1) is 0 Å². The Kier molecular flexibility index (Phi) is 6.04. The Balaban J connectivity index is 1.38. The minimum atomic E-state index is -0.226. The minimum Gasteiger partial charge on any atom is -0.497 e. The first-order valence-electron chi connectivity index (χ1n) is 10.1. The van der Waals surface area contributed by atoms with Gasteiger partial charge in [0.1, 0.15) is 17.3 Å². The molecule has 1 aliphatic heterocycles. The van der Waals surface area contributed by atoms with Crippen molar-refractivity contribution in [2.45, 2.75) is 6.42 Å². The van der Waals surface area contributed by atoms with E-state index in [1.807, 2.05) is 42.5 Å². The van der Waals surface area contributed by atoms with Crippen LogP contribution in [0.15, 0.2) is 53.3 Å². The summed E-state index contributed by atoms with van der Waals surface area (Å²) in [6.07, 6.45) is 0.694. The first-order valence-corrected chi connectivity index (χ1v) is 10.1. The number of aromatic amines is 1. The minimum absolute atomic E-state index is 0.226. The van der Waals surface area contributed by atoms with Gasteiger partial charge in [-0.25, -0.2) is 14.5 Å². The number of piperazine rings is 1. The maximum Gasteiger partial charge on any atom is 0.347 e. The predicted octanol–water partition coefficient (Wildman–Crippen LogP) is 1.94. The molecule has 0 saturated carbocycles. The fourth-order valence-electron chi connectivity index (χ4n) is 3.86. The van der Waals surface area contributed by atoms with Crippen molar-refractivity contribution in [3.05, 3.63) is 64.8 Å². The van der Waals surface area contributed by atoms with Gasteiger partial charge in [0.2, 0.25) is 0 Å². The fourth-order valence-corrected chi connectivity index (χ4v) is 3.86. The quantitative estimate of drug-likeness (QED) is 0.643. The zero-order valence-electron chi connectivity index (χ0n) is 17.4. The first kappa shape index (κ1) is 20.0. The molecule has 0 spiro atoms. The molecule has 1 saturated heterocycles. The van der Waals surface area contributed by atoms with Crippen LogP contribution in [0.3, 0.4) is 0 Å². The molecule has 0 unspecified atom stereocenters. The second kappa shape index (κ2) is 9.04. The highest BCUT2D eigenvalue weighted by Crippen LogP contribution is 2.28. The molecular formula is C22H27N5O3.